The molecule has 0 saturated heterocycles. The third kappa shape index (κ3) is 2.98. The van der Waals surface area contributed by atoms with Crippen molar-refractivity contribution in [3.8, 4) is 11.8 Å². The predicted octanol–water partition coefficient (Wildman–Crippen LogP) is 1.56. The zero-order valence-electron chi connectivity index (χ0n) is 14.8. The predicted molar refractivity (Wildman–Crippen MR) is 99.1 cm³/mol. The Kier molecular flexibility index (Phi) is 4.20. The number of hydrogen-bond donors (Lipinski definition) is 0. The van der Waals surface area contributed by atoms with Crippen LogP contribution in [0, 0.1) is 11.3 Å². The number of nitriles is 1. The van der Waals surface area contributed by atoms with Crippen LogP contribution in [0.1, 0.15) is 30.1 Å². The first-order chi connectivity index (χ1) is 13.0. The quantitative estimate of drug-likeness (QED) is 0.637. The molecule has 0 radical (unpaired) electrons. The molecule has 0 aliphatic heterocycles. The smallest absolute Gasteiger partial charge is 0.289 e. The number of rotatable bonds is 4. The van der Waals surface area contributed by atoms with Gasteiger partial charge in [0.1, 0.15) is 22.5 Å². The lowest BCUT2D eigenvalue weighted by atomic mass is 10.3. The van der Waals surface area contributed by atoms with Gasteiger partial charge in [0.05, 0.1) is 5.69 Å². The van der Waals surface area contributed by atoms with Crippen molar-refractivity contribution in [3.05, 3.63) is 62.6 Å². The van der Waals surface area contributed by atoms with E-state index in [4.69, 9.17) is 0 Å². The van der Waals surface area contributed by atoms with E-state index in [2.05, 4.69) is 10.1 Å². The summed E-state index contributed by atoms with van der Waals surface area (Å²) in [7, 11) is 2.88. The lowest BCUT2D eigenvalue weighted by Gasteiger charge is -2.09. The third-order valence-electron chi connectivity index (χ3n) is 4.47. The Labute approximate surface area is 158 Å². The Morgan fingerprint density at radius 1 is 1.15 bits per heavy atom. The molecule has 1 aliphatic carbocycles. The highest BCUT2D eigenvalue weighted by Crippen LogP contribution is 2.41. The van der Waals surface area contributed by atoms with Crippen LogP contribution in [0.3, 0.4) is 0 Å². The second-order valence-electron chi connectivity index (χ2n) is 6.37. The SMILES string of the molecule is Cn1c(Sc2nc(C3CC3)n(-c3ccccc3)n2)c(C#N)c(=O)n(C)c1=O. The maximum absolute atomic E-state index is 12.3. The van der Waals surface area contributed by atoms with E-state index in [1.807, 2.05) is 36.4 Å². The molecule has 3 aromatic rings. The van der Waals surface area contributed by atoms with Crippen LogP contribution >= 0.6 is 11.8 Å². The molecule has 1 fully saturated rings. The standard InChI is InChI=1S/C18H16N6O2S/c1-22-15(25)13(10-19)16(23(2)18(22)26)27-17-20-14(11-8-9-11)24(21-17)12-6-4-3-5-7-12/h3-7,11H,8-9H2,1-2H3. The van der Waals surface area contributed by atoms with Gasteiger partial charge >= 0.3 is 5.69 Å². The van der Waals surface area contributed by atoms with Crippen LogP contribution in [0.2, 0.25) is 0 Å². The van der Waals surface area contributed by atoms with Crippen molar-refractivity contribution in [2.75, 3.05) is 0 Å². The van der Waals surface area contributed by atoms with E-state index in [0.717, 1.165) is 40.7 Å². The van der Waals surface area contributed by atoms with Crippen LogP contribution in [0.25, 0.3) is 5.69 Å². The first kappa shape index (κ1) is 17.3. The van der Waals surface area contributed by atoms with E-state index in [1.54, 1.807) is 4.68 Å². The van der Waals surface area contributed by atoms with Gasteiger partial charge in [0, 0.05) is 20.0 Å². The fourth-order valence-corrected chi connectivity index (χ4v) is 3.72. The largest absolute Gasteiger partial charge is 0.331 e. The summed E-state index contributed by atoms with van der Waals surface area (Å²) >= 11 is 1.06. The van der Waals surface area contributed by atoms with Crippen LogP contribution in [0.15, 0.2) is 50.1 Å². The second-order valence-corrected chi connectivity index (χ2v) is 7.33. The molecule has 2 aromatic heterocycles. The first-order valence-corrected chi connectivity index (χ1v) is 9.23. The summed E-state index contributed by atoms with van der Waals surface area (Å²) in [6, 6.07) is 11.6. The van der Waals surface area contributed by atoms with Crippen molar-refractivity contribution in [2.24, 2.45) is 14.1 Å². The highest BCUT2D eigenvalue weighted by atomic mass is 32.2. The molecule has 2 heterocycles. The normalized spacial score (nSPS) is 13.5. The molecule has 1 aliphatic rings. The van der Waals surface area contributed by atoms with E-state index in [-0.39, 0.29) is 10.6 Å². The fraction of sp³-hybridized carbons (Fsp3) is 0.278. The summed E-state index contributed by atoms with van der Waals surface area (Å²) in [6.45, 7) is 0. The summed E-state index contributed by atoms with van der Waals surface area (Å²) in [5.41, 5.74) is -0.301. The topological polar surface area (TPSA) is 98.5 Å². The molecule has 0 bridgehead atoms. The van der Waals surface area contributed by atoms with Crippen LogP contribution < -0.4 is 11.2 Å². The number of nitrogens with zero attached hydrogens (tertiary/aromatic N) is 6. The van der Waals surface area contributed by atoms with Crippen molar-refractivity contribution in [1.82, 2.24) is 23.9 Å². The Balaban J connectivity index is 1.82. The Bertz CT molecular complexity index is 1180. The maximum atomic E-state index is 12.3. The van der Waals surface area contributed by atoms with Gasteiger partial charge in [-0.2, -0.15) is 5.26 Å². The van der Waals surface area contributed by atoms with Crippen LogP contribution in [-0.2, 0) is 14.1 Å². The highest BCUT2D eigenvalue weighted by Gasteiger charge is 2.31. The van der Waals surface area contributed by atoms with E-state index < -0.39 is 11.2 Å². The maximum Gasteiger partial charge on any atom is 0.331 e. The molecule has 0 atom stereocenters. The summed E-state index contributed by atoms with van der Waals surface area (Å²) in [6.07, 6.45) is 2.12. The van der Waals surface area contributed by atoms with Gasteiger partial charge < -0.3 is 0 Å². The molecule has 0 unspecified atom stereocenters. The van der Waals surface area contributed by atoms with Gasteiger partial charge in [-0.1, -0.05) is 18.2 Å². The molecule has 136 valence electrons. The van der Waals surface area contributed by atoms with Gasteiger partial charge in [-0.05, 0) is 36.7 Å². The molecule has 1 aromatic carbocycles. The summed E-state index contributed by atoms with van der Waals surface area (Å²) in [5.74, 6) is 1.21. The third-order valence-corrected chi connectivity index (χ3v) is 5.49. The molecular formula is C18H16N6O2S. The average Bonchev–Trinajstić information content (AvgIpc) is 3.45. The van der Waals surface area contributed by atoms with Crippen molar-refractivity contribution >= 4 is 11.8 Å². The monoisotopic (exact) mass is 380 g/mol. The van der Waals surface area contributed by atoms with Gasteiger partial charge in [-0.25, -0.2) is 14.5 Å². The summed E-state index contributed by atoms with van der Waals surface area (Å²) in [5, 5.41) is 14.6. The highest BCUT2D eigenvalue weighted by molar-refractivity contribution is 7.99. The minimum Gasteiger partial charge on any atom is -0.289 e. The lowest BCUT2D eigenvalue weighted by Crippen LogP contribution is -2.39. The van der Waals surface area contributed by atoms with Crippen molar-refractivity contribution in [1.29, 1.82) is 5.26 Å². The molecular weight excluding hydrogens is 364 g/mol. The van der Waals surface area contributed by atoms with Gasteiger partial charge in [-0.15, -0.1) is 5.10 Å². The van der Waals surface area contributed by atoms with Crippen molar-refractivity contribution < 1.29 is 0 Å². The number of benzene rings is 1. The number of hydrogen-bond acceptors (Lipinski definition) is 6. The minimum atomic E-state index is -0.618. The van der Waals surface area contributed by atoms with Gasteiger partial charge in [-0.3, -0.25) is 13.9 Å². The molecule has 4 rings (SSSR count). The molecule has 0 spiro atoms. The molecule has 8 nitrogen and oxygen atoms in total. The minimum absolute atomic E-state index is 0.0892. The van der Waals surface area contributed by atoms with Crippen molar-refractivity contribution in [2.45, 2.75) is 28.9 Å². The summed E-state index contributed by atoms with van der Waals surface area (Å²) in [4.78, 5) is 29.1. The van der Waals surface area contributed by atoms with Crippen molar-refractivity contribution in [3.63, 3.8) is 0 Å². The Morgan fingerprint density at radius 2 is 1.85 bits per heavy atom. The van der Waals surface area contributed by atoms with E-state index in [9.17, 15) is 14.9 Å². The average molecular weight is 380 g/mol. The zero-order chi connectivity index (χ0) is 19.1. The van der Waals surface area contributed by atoms with Crippen LogP contribution in [0.5, 0.6) is 0 Å². The van der Waals surface area contributed by atoms with Gasteiger partial charge in [0.15, 0.2) is 0 Å². The molecule has 27 heavy (non-hydrogen) atoms. The van der Waals surface area contributed by atoms with E-state index in [1.165, 1.54) is 18.7 Å². The van der Waals surface area contributed by atoms with Gasteiger partial charge in [0.25, 0.3) is 5.56 Å². The zero-order valence-corrected chi connectivity index (χ0v) is 15.6. The van der Waals surface area contributed by atoms with E-state index in [0.29, 0.717) is 11.1 Å². The summed E-state index contributed by atoms with van der Waals surface area (Å²) < 4.78 is 4.00. The van der Waals surface area contributed by atoms with Crippen LogP contribution in [-0.4, -0.2) is 23.9 Å². The van der Waals surface area contributed by atoms with Gasteiger partial charge in [0.2, 0.25) is 5.16 Å². The molecule has 9 heteroatoms. The molecule has 1 saturated carbocycles. The fourth-order valence-electron chi connectivity index (χ4n) is 2.84. The molecule has 0 amide bonds. The number of aromatic nitrogens is 5. The van der Waals surface area contributed by atoms with Crippen LogP contribution in [0.4, 0.5) is 0 Å². The Hall–Kier alpha value is -3.12. The molecule has 0 N–H and O–H groups in total. The van der Waals surface area contributed by atoms with E-state index >= 15 is 0 Å². The number of para-hydroxylation sites is 1. The first-order valence-electron chi connectivity index (χ1n) is 8.41. The second kappa shape index (κ2) is 6.55. The lowest BCUT2D eigenvalue weighted by molar-refractivity contribution is 0.630. The Morgan fingerprint density at radius 3 is 2.48 bits per heavy atom.